The van der Waals surface area contributed by atoms with Crippen molar-refractivity contribution in [2.24, 2.45) is 0 Å². The molecule has 0 spiro atoms. The lowest BCUT2D eigenvalue weighted by molar-refractivity contribution is 0.580. The number of fused-ring (bicyclic) bond motifs is 10. The third kappa shape index (κ3) is 4.55. The minimum atomic E-state index is -0.161. The summed E-state index contributed by atoms with van der Waals surface area (Å²) < 4.78 is 0. The second-order valence-corrected chi connectivity index (χ2v) is 20.0. The van der Waals surface area contributed by atoms with Gasteiger partial charge in [-0.1, -0.05) is 195 Å². The van der Waals surface area contributed by atoms with E-state index in [-0.39, 0.29) is 16.2 Å². The van der Waals surface area contributed by atoms with E-state index in [0.29, 0.717) is 0 Å². The maximum Gasteiger partial charge on any atom is 0.0159 e. The summed E-state index contributed by atoms with van der Waals surface area (Å²) in [6.07, 6.45) is 0. The van der Waals surface area contributed by atoms with Crippen molar-refractivity contribution in [3.63, 3.8) is 0 Å². The Morgan fingerprint density at radius 3 is 1.46 bits per heavy atom. The third-order valence-electron chi connectivity index (χ3n) is 14.3. The first-order valence-corrected chi connectivity index (χ1v) is 21.4. The van der Waals surface area contributed by atoms with Crippen LogP contribution in [0.3, 0.4) is 0 Å². The van der Waals surface area contributed by atoms with E-state index in [9.17, 15) is 0 Å². The van der Waals surface area contributed by atoms with Crippen molar-refractivity contribution in [2.45, 2.75) is 71.6 Å². The molecule has 0 saturated carbocycles. The van der Waals surface area contributed by atoms with Gasteiger partial charge in [-0.15, -0.1) is 0 Å². The lowest BCUT2D eigenvalue weighted by Gasteiger charge is -2.28. The van der Waals surface area contributed by atoms with Crippen LogP contribution in [0.1, 0.15) is 77.6 Å². The van der Waals surface area contributed by atoms with E-state index in [1.54, 1.807) is 0 Å². The first-order chi connectivity index (χ1) is 28.3. The molecule has 0 fully saturated rings. The van der Waals surface area contributed by atoms with E-state index < -0.39 is 0 Å². The molecule has 0 unspecified atom stereocenters. The molecular weight excluding hydrogens is 709 g/mol. The Hall–Kier alpha value is -6.24. The van der Waals surface area contributed by atoms with Crippen molar-refractivity contribution in [3.8, 4) is 77.9 Å². The second-order valence-electron chi connectivity index (χ2n) is 20.0. The van der Waals surface area contributed by atoms with Crippen LogP contribution in [-0.2, 0) is 16.2 Å². The Kier molecular flexibility index (Phi) is 6.77. The van der Waals surface area contributed by atoms with Gasteiger partial charge < -0.3 is 0 Å². The first kappa shape index (κ1) is 34.8. The van der Waals surface area contributed by atoms with Gasteiger partial charge in [0.2, 0.25) is 0 Å². The molecular formula is C59H48. The molecule has 0 aliphatic heterocycles. The van der Waals surface area contributed by atoms with Crippen molar-refractivity contribution in [1.29, 1.82) is 0 Å². The molecule has 0 radical (unpaired) electrons. The lowest BCUT2D eigenvalue weighted by Crippen LogP contribution is -2.19. The van der Waals surface area contributed by atoms with Crippen LogP contribution in [0.2, 0.25) is 0 Å². The predicted octanol–water partition coefficient (Wildman–Crippen LogP) is 16.7. The van der Waals surface area contributed by atoms with Gasteiger partial charge in [0.15, 0.2) is 0 Å². The standard InChI is InChI=1S/C59H48/c1-57(2,3)34-26-27-44-48(31-34)59(7,8)49-32-35(58(4,5)6)30-47(52(44)49)54-41-21-12-11-20-40(41)53(55-45-24-13-16-33-17-14-25-46(50(33)45)56(54)55)43-29-28-42-37-19-10-9-18-36(37)38-22-15-23-39(43)51(38)42/h9-32H,1-8H3. The van der Waals surface area contributed by atoms with Crippen molar-refractivity contribution >= 4 is 32.3 Å². The van der Waals surface area contributed by atoms with Gasteiger partial charge in [-0.3, -0.25) is 0 Å². The fraction of sp³-hybridized carbons (Fsp3) is 0.186. The number of benzene rings is 9. The summed E-state index contributed by atoms with van der Waals surface area (Å²) in [4.78, 5) is 0. The molecule has 284 valence electrons. The molecule has 0 nitrogen and oxygen atoms in total. The fourth-order valence-corrected chi connectivity index (χ4v) is 11.3. The molecule has 0 aromatic heterocycles. The fourth-order valence-electron chi connectivity index (χ4n) is 11.3. The molecule has 3 aliphatic carbocycles. The molecule has 9 aromatic rings. The van der Waals surface area contributed by atoms with Gasteiger partial charge in [-0.25, -0.2) is 0 Å². The number of hydrogen-bond donors (Lipinski definition) is 0. The third-order valence-corrected chi connectivity index (χ3v) is 14.3. The van der Waals surface area contributed by atoms with Crippen molar-refractivity contribution in [2.75, 3.05) is 0 Å². The highest BCUT2D eigenvalue weighted by Gasteiger charge is 2.41. The number of hydrogen-bond acceptors (Lipinski definition) is 0. The minimum absolute atomic E-state index is 0.0463. The van der Waals surface area contributed by atoms with Gasteiger partial charge in [0.05, 0.1) is 0 Å². The van der Waals surface area contributed by atoms with Crippen LogP contribution in [0, 0.1) is 0 Å². The monoisotopic (exact) mass is 756 g/mol. The van der Waals surface area contributed by atoms with Crippen LogP contribution in [0.5, 0.6) is 0 Å². The van der Waals surface area contributed by atoms with Gasteiger partial charge in [0.1, 0.15) is 0 Å². The van der Waals surface area contributed by atoms with E-state index in [0.717, 1.165) is 0 Å². The normalized spacial score (nSPS) is 14.2. The first-order valence-electron chi connectivity index (χ1n) is 21.4. The van der Waals surface area contributed by atoms with Crippen LogP contribution in [0.25, 0.3) is 110 Å². The summed E-state index contributed by atoms with van der Waals surface area (Å²) >= 11 is 0. The van der Waals surface area contributed by atoms with Gasteiger partial charge in [-0.05, 0) is 149 Å². The molecule has 0 amide bonds. The quantitative estimate of drug-likeness (QED) is 0.165. The highest BCUT2D eigenvalue weighted by atomic mass is 14.4. The van der Waals surface area contributed by atoms with Crippen LogP contribution < -0.4 is 0 Å². The lowest BCUT2D eigenvalue weighted by atomic mass is 9.75. The summed E-state index contributed by atoms with van der Waals surface area (Å²) in [7, 11) is 0. The molecule has 0 saturated heterocycles. The van der Waals surface area contributed by atoms with Crippen LogP contribution in [0.4, 0.5) is 0 Å². The van der Waals surface area contributed by atoms with E-state index in [1.807, 2.05) is 0 Å². The van der Waals surface area contributed by atoms with E-state index in [1.165, 1.54) is 132 Å². The molecule has 0 atom stereocenters. The summed E-state index contributed by atoms with van der Waals surface area (Å²) in [6, 6.07) is 56.4. The Morgan fingerprint density at radius 1 is 0.322 bits per heavy atom. The highest BCUT2D eigenvalue weighted by Crippen LogP contribution is 2.62. The van der Waals surface area contributed by atoms with E-state index >= 15 is 0 Å². The minimum Gasteiger partial charge on any atom is -0.0616 e. The second kappa shape index (κ2) is 11.5. The average molecular weight is 757 g/mol. The molecule has 9 aromatic carbocycles. The van der Waals surface area contributed by atoms with Crippen LogP contribution in [-0.4, -0.2) is 0 Å². The van der Waals surface area contributed by atoms with Crippen molar-refractivity contribution in [3.05, 3.63) is 168 Å². The van der Waals surface area contributed by atoms with Gasteiger partial charge in [-0.2, -0.15) is 0 Å². The smallest absolute Gasteiger partial charge is 0.0159 e. The molecule has 3 aliphatic rings. The van der Waals surface area contributed by atoms with Crippen molar-refractivity contribution < 1.29 is 0 Å². The summed E-state index contributed by atoms with van der Waals surface area (Å²) in [6.45, 7) is 19.0. The van der Waals surface area contributed by atoms with Crippen LogP contribution in [0.15, 0.2) is 146 Å². The summed E-state index contributed by atoms with van der Waals surface area (Å²) in [5.74, 6) is 0. The Bertz CT molecular complexity index is 3320. The Labute approximate surface area is 348 Å². The topological polar surface area (TPSA) is 0 Å². The predicted molar refractivity (Wildman–Crippen MR) is 254 cm³/mol. The molecule has 12 rings (SSSR count). The largest absolute Gasteiger partial charge is 0.0616 e. The maximum absolute atomic E-state index is 2.57. The Morgan fingerprint density at radius 2 is 0.814 bits per heavy atom. The van der Waals surface area contributed by atoms with E-state index in [2.05, 4.69) is 201 Å². The SMILES string of the molecule is CC(C)(C)c1ccc2c(c1)C(C)(C)c1cc(C(C)(C)C)cc(-c3c4c(c(-c5ccc6c7c(cccc57)-c5ccccc5-6)c5ccccc35)-c3cccc5cccc-4c35)c1-2. The zero-order valence-electron chi connectivity index (χ0n) is 35.4. The van der Waals surface area contributed by atoms with E-state index in [4.69, 9.17) is 0 Å². The molecule has 0 heterocycles. The molecule has 0 bridgehead atoms. The van der Waals surface area contributed by atoms with Gasteiger partial charge in [0.25, 0.3) is 0 Å². The van der Waals surface area contributed by atoms with Gasteiger partial charge >= 0.3 is 0 Å². The zero-order chi connectivity index (χ0) is 40.3. The van der Waals surface area contributed by atoms with Gasteiger partial charge in [0, 0.05) is 5.41 Å². The van der Waals surface area contributed by atoms with Crippen LogP contribution >= 0.6 is 0 Å². The summed E-state index contributed by atoms with van der Waals surface area (Å²) in [5, 5.41) is 7.95. The number of rotatable bonds is 2. The summed E-state index contributed by atoms with van der Waals surface area (Å²) in [5.41, 5.74) is 24.3. The molecule has 0 N–H and O–H groups in total. The Balaban J connectivity index is 1.27. The molecule has 59 heavy (non-hydrogen) atoms. The maximum atomic E-state index is 2.57. The highest BCUT2D eigenvalue weighted by molar-refractivity contribution is 6.30. The van der Waals surface area contributed by atoms with Crippen molar-refractivity contribution in [1.82, 2.24) is 0 Å². The molecule has 0 heteroatoms. The zero-order valence-corrected chi connectivity index (χ0v) is 35.4. The average Bonchev–Trinajstić information content (AvgIpc) is 3.81.